The number of rotatable bonds is 6. The predicted octanol–water partition coefficient (Wildman–Crippen LogP) is -0.493. The summed E-state index contributed by atoms with van der Waals surface area (Å²) in [7, 11) is 2.39. The Balaban J connectivity index is 1.97. The van der Waals surface area contributed by atoms with Crippen LogP contribution in [0.15, 0.2) is 9.26 Å². The summed E-state index contributed by atoms with van der Waals surface area (Å²) >= 11 is 0. The zero-order valence-electron chi connectivity index (χ0n) is 10.9. The average molecular weight is 298 g/mol. The smallest absolute Gasteiger partial charge is 0.364 e. The summed E-state index contributed by atoms with van der Waals surface area (Å²) < 4.78 is 17.8. The Morgan fingerprint density at radius 1 is 0.905 bits per heavy atom. The highest BCUT2D eigenvalue weighted by Gasteiger charge is 2.20. The fraction of sp³-hybridized carbons (Fsp3) is 0.333. The first-order chi connectivity index (χ1) is 10.2. The van der Waals surface area contributed by atoms with Gasteiger partial charge in [-0.1, -0.05) is 0 Å². The Hall–Kier alpha value is -3.18. The first kappa shape index (κ1) is 14.2. The lowest BCUT2D eigenvalue weighted by Gasteiger charge is -2.04. The number of ether oxygens (including phenoxy) is 2. The van der Waals surface area contributed by atoms with Crippen molar-refractivity contribution in [2.45, 2.75) is 0 Å². The molecule has 0 saturated heterocycles. The van der Waals surface area contributed by atoms with E-state index >= 15 is 0 Å². The average Bonchev–Trinajstić information content (AvgIpc) is 3.15. The van der Waals surface area contributed by atoms with E-state index in [0.717, 1.165) is 0 Å². The fourth-order valence-corrected chi connectivity index (χ4v) is 1.28. The minimum Gasteiger partial charge on any atom is -0.464 e. The van der Waals surface area contributed by atoms with Crippen LogP contribution in [0.1, 0.15) is 21.0 Å². The van der Waals surface area contributed by atoms with Crippen molar-refractivity contribution in [2.24, 2.45) is 0 Å². The van der Waals surface area contributed by atoms with Crippen molar-refractivity contribution >= 4 is 23.6 Å². The lowest BCUT2D eigenvalue weighted by atomic mass is 10.4. The molecule has 0 aliphatic carbocycles. The molecule has 0 atom stereocenters. The van der Waals surface area contributed by atoms with Crippen molar-refractivity contribution in [3.63, 3.8) is 0 Å². The summed E-state index contributed by atoms with van der Waals surface area (Å²) in [6.45, 7) is 0.0242. The number of nitrogens with one attached hydrogen (secondary N) is 2. The van der Waals surface area contributed by atoms with E-state index in [4.69, 9.17) is 0 Å². The van der Waals surface area contributed by atoms with Crippen LogP contribution >= 0.6 is 0 Å². The minimum absolute atomic E-state index is 0.0242. The van der Waals surface area contributed by atoms with Gasteiger partial charge in [0.15, 0.2) is 0 Å². The van der Waals surface area contributed by atoms with Crippen LogP contribution in [0.3, 0.4) is 0 Å². The summed E-state index contributed by atoms with van der Waals surface area (Å²) in [6.07, 6.45) is 0. The van der Waals surface area contributed by atoms with Crippen molar-refractivity contribution in [1.82, 2.24) is 20.6 Å². The molecule has 2 rings (SSSR count). The molecular formula is C9H10N6O6. The van der Waals surface area contributed by atoms with Gasteiger partial charge in [0.2, 0.25) is 23.0 Å². The molecule has 0 saturated carbocycles. The highest BCUT2D eigenvalue weighted by atomic mass is 16.6. The maximum absolute atomic E-state index is 11.3. The van der Waals surface area contributed by atoms with E-state index in [1.54, 1.807) is 0 Å². The summed E-state index contributed by atoms with van der Waals surface area (Å²) in [5, 5.41) is 19.1. The molecule has 0 bridgehead atoms. The van der Waals surface area contributed by atoms with E-state index in [1.165, 1.54) is 14.2 Å². The van der Waals surface area contributed by atoms with Gasteiger partial charge in [-0.3, -0.25) is 0 Å². The zero-order valence-corrected chi connectivity index (χ0v) is 10.9. The number of aromatic nitrogens is 4. The minimum atomic E-state index is -0.711. The van der Waals surface area contributed by atoms with E-state index in [2.05, 4.69) is 50.0 Å². The van der Waals surface area contributed by atoms with Gasteiger partial charge < -0.3 is 20.1 Å². The van der Waals surface area contributed by atoms with Crippen LogP contribution in [0.5, 0.6) is 0 Å². The maximum atomic E-state index is 11.3. The number of methoxy groups -OCH3 is 2. The highest BCUT2D eigenvalue weighted by molar-refractivity contribution is 5.92. The van der Waals surface area contributed by atoms with Gasteiger partial charge in [0.1, 0.15) is 0 Å². The molecule has 0 amide bonds. The van der Waals surface area contributed by atoms with Gasteiger partial charge in [0.25, 0.3) is 0 Å². The second-order valence-corrected chi connectivity index (χ2v) is 3.44. The van der Waals surface area contributed by atoms with Crippen molar-refractivity contribution in [2.75, 3.05) is 31.5 Å². The SMILES string of the molecule is COC(=O)c1nonc1NCNc1nonc1C(=O)OC. The maximum Gasteiger partial charge on any atom is 0.364 e. The van der Waals surface area contributed by atoms with Gasteiger partial charge in [0.05, 0.1) is 20.9 Å². The lowest BCUT2D eigenvalue weighted by molar-refractivity contribution is 0.0580. The van der Waals surface area contributed by atoms with Crippen LogP contribution < -0.4 is 10.6 Å². The summed E-state index contributed by atoms with van der Waals surface area (Å²) in [5.74, 6) is -1.30. The molecule has 0 aromatic carbocycles. The first-order valence-corrected chi connectivity index (χ1v) is 5.46. The van der Waals surface area contributed by atoms with Crippen LogP contribution in [-0.4, -0.2) is 53.5 Å². The molecule has 21 heavy (non-hydrogen) atoms. The summed E-state index contributed by atoms with van der Waals surface area (Å²) in [6, 6.07) is 0. The number of esters is 2. The van der Waals surface area contributed by atoms with Crippen LogP contribution in [0.2, 0.25) is 0 Å². The van der Waals surface area contributed by atoms with Crippen LogP contribution in [0.4, 0.5) is 11.6 Å². The van der Waals surface area contributed by atoms with Gasteiger partial charge in [-0.2, -0.15) is 0 Å². The molecule has 2 heterocycles. The molecule has 0 aliphatic heterocycles. The first-order valence-electron chi connectivity index (χ1n) is 5.46. The standard InChI is InChI=1S/C9H10N6O6/c1-18-8(16)4-6(14-20-12-4)10-3-11-7-5(9(17)19-2)13-21-15-7/h3H2,1-2H3,(H,10,14)(H,11,15). The summed E-state index contributed by atoms with van der Waals surface area (Å²) in [5.41, 5.74) is -0.239. The molecule has 0 radical (unpaired) electrons. The molecule has 0 spiro atoms. The Bertz CT molecular complexity index is 582. The third-order valence-corrected chi connectivity index (χ3v) is 2.25. The highest BCUT2D eigenvalue weighted by Crippen LogP contribution is 2.12. The van der Waals surface area contributed by atoms with E-state index in [1.807, 2.05) is 0 Å². The van der Waals surface area contributed by atoms with Crippen LogP contribution in [-0.2, 0) is 9.47 Å². The number of nitrogens with zero attached hydrogens (tertiary/aromatic N) is 4. The molecule has 0 aliphatic rings. The normalized spacial score (nSPS) is 10.0. The van der Waals surface area contributed by atoms with Gasteiger partial charge in [0, 0.05) is 0 Å². The van der Waals surface area contributed by atoms with E-state index < -0.39 is 11.9 Å². The van der Waals surface area contributed by atoms with Crippen molar-refractivity contribution < 1.29 is 28.3 Å². The number of hydrogen-bond donors (Lipinski definition) is 2. The quantitative estimate of drug-likeness (QED) is 0.521. The number of carbonyl (C=O) groups is 2. The predicted molar refractivity (Wildman–Crippen MR) is 63.4 cm³/mol. The van der Waals surface area contributed by atoms with Crippen LogP contribution in [0.25, 0.3) is 0 Å². The summed E-state index contributed by atoms with van der Waals surface area (Å²) in [4.78, 5) is 22.7. The molecule has 12 nitrogen and oxygen atoms in total. The van der Waals surface area contributed by atoms with Crippen LogP contribution in [0, 0.1) is 0 Å². The van der Waals surface area contributed by atoms with Crippen molar-refractivity contribution in [3.8, 4) is 0 Å². The molecule has 2 aromatic rings. The number of hydrogen-bond acceptors (Lipinski definition) is 12. The topological polar surface area (TPSA) is 154 Å². The van der Waals surface area contributed by atoms with E-state index in [0.29, 0.717) is 0 Å². The molecule has 0 fully saturated rings. The lowest BCUT2D eigenvalue weighted by Crippen LogP contribution is -2.17. The van der Waals surface area contributed by atoms with Gasteiger partial charge in [-0.15, -0.1) is 0 Å². The van der Waals surface area contributed by atoms with Crippen molar-refractivity contribution in [3.05, 3.63) is 11.4 Å². The largest absolute Gasteiger partial charge is 0.464 e. The monoisotopic (exact) mass is 298 g/mol. The second-order valence-electron chi connectivity index (χ2n) is 3.44. The Morgan fingerprint density at radius 3 is 1.71 bits per heavy atom. The molecule has 2 N–H and O–H groups in total. The van der Waals surface area contributed by atoms with E-state index in [9.17, 15) is 9.59 Å². The molecular weight excluding hydrogens is 288 g/mol. The van der Waals surface area contributed by atoms with E-state index in [-0.39, 0.29) is 29.7 Å². The molecule has 0 unspecified atom stereocenters. The fourth-order valence-electron chi connectivity index (χ4n) is 1.28. The second kappa shape index (κ2) is 6.31. The van der Waals surface area contributed by atoms with Gasteiger partial charge in [-0.25, -0.2) is 18.8 Å². The Morgan fingerprint density at radius 2 is 1.33 bits per heavy atom. The van der Waals surface area contributed by atoms with Gasteiger partial charge in [-0.05, 0) is 20.6 Å². The third-order valence-electron chi connectivity index (χ3n) is 2.25. The molecule has 112 valence electrons. The Kier molecular flexibility index (Phi) is 4.28. The number of carbonyl (C=O) groups excluding carboxylic acids is 2. The van der Waals surface area contributed by atoms with Crippen molar-refractivity contribution in [1.29, 1.82) is 0 Å². The third kappa shape index (κ3) is 3.05. The molecule has 2 aromatic heterocycles. The van der Waals surface area contributed by atoms with Gasteiger partial charge >= 0.3 is 11.9 Å². The Labute approximate surface area is 116 Å². The number of anilines is 2. The molecule has 12 heteroatoms. The zero-order chi connectivity index (χ0) is 15.2.